The fourth-order valence-electron chi connectivity index (χ4n) is 5.02. The number of benzene rings is 4. The summed E-state index contributed by atoms with van der Waals surface area (Å²) in [5.41, 5.74) is 2.92. The van der Waals surface area contributed by atoms with E-state index in [-0.39, 0.29) is 29.8 Å². The van der Waals surface area contributed by atoms with Crippen LogP contribution in [0, 0.1) is 6.92 Å². The Balaban J connectivity index is 1.79. The van der Waals surface area contributed by atoms with Crippen molar-refractivity contribution >= 4 is 27.5 Å². The molecular formula is C37H43N3O5S. The molecule has 0 aliphatic heterocycles. The van der Waals surface area contributed by atoms with E-state index in [0.717, 1.165) is 27.4 Å². The molecule has 1 N–H and O–H groups in total. The van der Waals surface area contributed by atoms with Crippen molar-refractivity contribution in [3.05, 3.63) is 126 Å². The third-order valence-electron chi connectivity index (χ3n) is 7.79. The first-order chi connectivity index (χ1) is 22.1. The second-order valence-electron chi connectivity index (χ2n) is 11.3. The van der Waals surface area contributed by atoms with Gasteiger partial charge in [0.25, 0.3) is 10.0 Å². The van der Waals surface area contributed by atoms with E-state index in [1.165, 1.54) is 17.0 Å². The van der Waals surface area contributed by atoms with Gasteiger partial charge in [-0.2, -0.15) is 0 Å². The summed E-state index contributed by atoms with van der Waals surface area (Å²) in [5.74, 6) is -0.217. The van der Waals surface area contributed by atoms with Gasteiger partial charge in [0, 0.05) is 19.0 Å². The number of sulfonamides is 1. The van der Waals surface area contributed by atoms with Crippen LogP contribution in [0.2, 0.25) is 0 Å². The van der Waals surface area contributed by atoms with E-state index in [1.807, 2.05) is 88.4 Å². The topological polar surface area (TPSA) is 96.0 Å². The average Bonchev–Trinajstić information content (AvgIpc) is 3.06. The molecule has 0 saturated carbocycles. The molecule has 4 aromatic rings. The van der Waals surface area contributed by atoms with Crippen molar-refractivity contribution < 1.29 is 22.7 Å². The fraction of sp³-hybridized carbons (Fsp3) is 0.297. The predicted molar refractivity (Wildman–Crippen MR) is 182 cm³/mol. The lowest BCUT2D eigenvalue weighted by molar-refractivity contribution is -0.140. The SMILES string of the molecule is CCOc1ccc(N(CC(=O)N(Cc2ccccc2)C(Cc2ccccc2)C(=O)NC(C)CC)S(=O)(=O)c2ccc(C)cc2)cc1. The molecule has 0 heterocycles. The molecule has 4 aromatic carbocycles. The lowest BCUT2D eigenvalue weighted by atomic mass is 10.0. The Labute approximate surface area is 273 Å². The highest BCUT2D eigenvalue weighted by Gasteiger charge is 2.35. The smallest absolute Gasteiger partial charge is 0.264 e. The number of rotatable bonds is 15. The highest BCUT2D eigenvalue weighted by Crippen LogP contribution is 2.27. The quantitative estimate of drug-likeness (QED) is 0.168. The zero-order chi connectivity index (χ0) is 33.1. The molecule has 4 rings (SSSR count). The van der Waals surface area contributed by atoms with E-state index in [0.29, 0.717) is 18.0 Å². The molecule has 242 valence electrons. The third-order valence-corrected chi connectivity index (χ3v) is 9.58. The van der Waals surface area contributed by atoms with Gasteiger partial charge in [-0.3, -0.25) is 13.9 Å². The fourth-order valence-corrected chi connectivity index (χ4v) is 6.43. The number of aryl methyl sites for hydroxylation is 1. The van der Waals surface area contributed by atoms with Gasteiger partial charge in [-0.1, -0.05) is 85.3 Å². The van der Waals surface area contributed by atoms with E-state index in [1.54, 1.807) is 36.4 Å². The number of carbonyl (C=O) groups is 2. The molecular weight excluding hydrogens is 598 g/mol. The standard InChI is InChI=1S/C37H43N3O5S/c1-5-29(4)38-37(42)35(25-30-13-9-7-10-14-30)39(26-31-15-11-8-12-16-31)36(41)27-40(32-19-21-33(22-20-32)45-6-2)46(43,44)34-23-17-28(3)18-24-34/h7-24,29,35H,5-6,25-27H2,1-4H3,(H,38,42). The molecule has 9 heteroatoms. The molecule has 0 radical (unpaired) electrons. The van der Waals surface area contributed by atoms with Crippen LogP contribution >= 0.6 is 0 Å². The maximum Gasteiger partial charge on any atom is 0.264 e. The molecule has 0 aromatic heterocycles. The molecule has 0 saturated heterocycles. The second-order valence-corrected chi connectivity index (χ2v) is 13.1. The highest BCUT2D eigenvalue weighted by atomic mass is 32.2. The van der Waals surface area contributed by atoms with Gasteiger partial charge in [0.15, 0.2) is 0 Å². The molecule has 0 spiro atoms. The van der Waals surface area contributed by atoms with E-state index in [4.69, 9.17) is 4.74 Å². The number of nitrogens with zero attached hydrogens (tertiary/aromatic N) is 2. The van der Waals surface area contributed by atoms with E-state index in [2.05, 4.69) is 5.32 Å². The number of anilines is 1. The van der Waals surface area contributed by atoms with Gasteiger partial charge in [-0.05, 0) is 74.7 Å². The van der Waals surface area contributed by atoms with Gasteiger partial charge in [-0.15, -0.1) is 0 Å². The summed E-state index contributed by atoms with van der Waals surface area (Å²) in [6, 6.07) is 31.1. The molecule has 8 nitrogen and oxygen atoms in total. The maximum atomic E-state index is 14.5. The van der Waals surface area contributed by atoms with E-state index in [9.17, 15) is 18.0 Å². The van der Waals surface area contributed by atoms with Crippen LogP contribution in [-0.2, 0) is 32.6 Å². The summed E-state index contributed by atoms with van der Waals surface area (Å²) >= 11 is 0. The van der Waals surface area contributed by atoms with Gasteiger partial charge in [0.05, 0.1) is 17.2 Å². The molecule has 0 aliphatic rings. The number of amides is 2. The number of carbonyl (C=O) groups excluding carboxylic acids is 2. The summed E-state index contributed by atoms with van der Waals surface area (Å²) < 4.78 is 35.1. The molecule has 2 unspecified atom stereocenters. The number of nitrogens with one attached hydrogen (secondary N) is 1. The third kappa shape index (κ3) is 8.97. The normalized spacial score (nSPS) is 12.5. The Bertz CT molecular complexity index is 1660. The minimum Gasteiger partial charge on any atom is -0.494 e. The molecule has 2 atom stereocenters. The van der Waals surface area contributed by atoms with Crippen molar-refractivity contribution in [2.24, 2.45) is 0 Å². The predicted octanol–water partition coefficient (Wildman–Crippen LogP) is 6.14. The largest absolute Gasteiger partial charge is 0.494 e. The Morgan fingerprint density at radius 1 is 0.804 bits per heavy atom. The molecule has 46 heavy (non-hydrogen) atoms. The van der Waals surface area contributed by atoms with Crippen LogP contribution in [0.3, 0.4) is 0 Å². The molecule has 0 bridgehead atoms. The summed E-state index contributed by atoms with van der Waals surface area (Å²) in [4.78, 5) is 30.0. The van der Waals surface area contributed by atoms with Crippen LogP contribution in [0.5, 0.6) is 5.75 Å². The first-order valence-electron chi connectivity index (χ1n) is 15.6. The van der Waals surface area contributed by atoms with Crippen molar-refractivity contribution in [3.63, 3.8) is 0 Å². The summed E-state index contributed by atoms with van der Waals surface area (Å²) in [5, 5.41) is 3.06. The van der Waals surface area contributed by atoms with Crippen LogP contribution in [0.1, 0.15) is 43.9 Å². The lowest BCUT2D eigenvalue weighted by Gasteiger charge is -2.34. The van der Waals surface area contributed by atoms with Gasteiger partial charge in [0.2, 0.25) is 11.8 Å². The van der Waals surface area contributed by atoms with E-state index < -0.39 is 28.5 Å². The minimum atomic E-state index is -4.18. The van der Waals surface area contributed by atoms with Crippen molar-refractivity contribution in [1.82, 2.24) is 10.2 Å². The maximum absolute atomic E-state index is 14.5. The number of hydrogen-bond acceptors (Lipinski definition) is 5. The van der Waals surface area contributed by atoms with Crippen LogP contribution in [-0.4, -0.2) is 50.4 Å². The van der Waals surface area contributed by atoms with Crippen LogP contribution in [0.25, 0.3) is 0 Å². The minimum absolute atomic E-state index is 0.0599. The Kier molecular flexibility index (Phi) is 12.0. The number of hydrogen-bond donors (Lipinski definition) is 1. The zero-order valence-corrected chi connectivity index (χ0v) is 27.7. The monoisotopic (exact) mass is 641 g/mol. The summed E-state index contributed by atoms with van der Waals surface area (Å²) in [7, 11) is -4.18. The highest BCUT2D eigenvalue weighted by molar-refractivity contribution is 7.92. The number of ether oxygens (including phenoxy) is 1. The van der Waals surface area contributed by atoms with E-state index >= 15 is 0 Å². The second kappa shape index (κ2) is 16.1. The van der Waals surface area contributed by atoms with Gasteiger partial charge < -0.3 is 15.0 Å². The first kappa shape index (κ1) is 34.2. The van der Waals surface area contributed by atoms with Crippen LogP contribution < -0.4 is 14.4 Å². The van der Waals surface area contributed by atoms with Gasteiger partial charge >= 0.3 is 0 Å². The average molecular weight is 642 g/mol. The molecule has 0 fully saturated rings. The summed E-state index contributed by atoms with van der Waals surface area (Å²) in [6.07, 6.45) is 0.978. The molecule has 2 amide bonds. The first-order valence-corrected chi connectivity index (χ1v) is 17.1. The Morgan fingerprint density at radius 3 is 1.96 bits per heavy atom. The van der Waals surface area contributed by atoms with Crippen molar-refractivity contribution in [1.29, 1.82) is 0 Å². The lowest BCUT2D eigenvalue weighted by Crippen LogP contribution is -2.54. The van der Waals surface area contributed by atoms with Crippen molar-refractivity contribution in [2.45, 2.75) is 64.1 Å². The Hall–Kier alpha value is -4.63. The van der Waals surface area contributed by atoms with Crippen LogP contribution in [0.4, 0.5) is 5.69 Å². The van der Waals surface area contributed by atoms with Crippen LogP contribution in [0.15, 0.2) is 114 Å². The van der Waals surface area contributed by atoms with Gasteiger partial charge in [-0.25, -0.2) is 8.42 Å². The van der Waals surface area contributed by atoms with Crippen molar-refractivity contribution in [3.8, 4) is 5.75 Å². The Morgan fingerprint density at radius 2 is 1.39 bits per heavy atom. The molecule has 0 aliphatic carbocycles. The zero-order valence-electron chi connectivity index (χ0n) is 26.9. The summed E-state index contributed by atoms with van der Waals surface area (Å²) in [6.45, 7) is 7.70. The van der Waals surface area contributed by atoms with Crippen molar-refractivity contribution in [2.75, 3.05) is 17.5 Å². The van der Waals surface area contributed by atoms with Gasteiger partial charge in [0.1, 0.15) is 18.3 Å².